The molecule has 8 heteroatoms. The van der Waals surface area contributed by atoms with Gasteiger partial charge < -0.3 is 14.6 Å². The summed E-state index contributed by atoms with van der Waals surface area (Å²) >= 11 is 0. The van der Waals surface area contributed by atoms with Crippen molar-refractivity contribution in [2.75, 3.05) is 13.1 Å². The average molecular weight is 486 g/mol. The van der Waals surface area contributed by atoms with Crippen LogP contribution in [0.15, 0.2) is 49.1 Å². The van der Waals surface area contributed by atoms with Gasteiger partial charge in [-0.15, -0.1) is 0 Å². The number of aryl methyl sites for hydroxylation is 1. The van der Waals surface area contributed by atoms with Crippen molar-refractivity contribution in [2.45, 2.75) is 51.0 Å². The zero-order chi connectivity index (χ0) is 24.9. The van der Waals surface area contributed by atoms with Crippen LogP contribution < -0.4 is 10.7 Å². The predicted octanol–water partition coefficient (Wildman–Crippen LogP) is 2.58. The minimum atomic E-state index is -0.784. The van der Waals surface area contributed by atoms with E-state index in [1.165, 1.54) is 0 Å². The fourth-order valence-electron chi connectivity index (χ4n) is 5.11. The molecular formula is C28H31N5O3. The lowest BCUT2D eigenvalue weighted by Crippen LogP contribution is -2.44. The number of hydrogen-bond acceptors (Lipinski definition) is 5. The smallest absolute Gasteiger partial charge is 0.303 e. The number of benzene rings is 1. The van der Waals surface area contributed by atoms with Crippen molar-refractivity contribution in [2.24, 2.45) is 5.92 Å². The third-order valence-corrected chi connectivity index (χ3v) is 7.09. The van der Waals surface area contributed by atoms with Crippen LogP contribution in [0, 0.1) is 5.92 Å². The Bertz CT molecular complexity index is 1330. The van der Waals surface area contributed by atoms with Gasteiger partial charge in [0.15, 0.2) is 0 Å². The van der Waals surface area contributed by atoms with Gasteiger partial charge in [0, 0.05) is 43.5 Å². The molecule has 1 aromatic carbocycles. The fourth-order valence-corrected chi connectivity index (χ4v) is 5.11. The third kappa shape index (κ3) is 5.37. The molecule has 0 bridgehead atoms. The first kappa shape index (κ1) is 23.9. The minimum absolute atomic E-state index is 0.146. The van der Waals surface area contributed by atoms with E-state index in [9.17, 15) is 9.59 Å². The highest BCUT2D eigenvalue weighted by Crippen LogP contribution is 2.25. The number of unbranched alkanes of at least 4 members (excludes halogenated alkanes) is 1. The third-order valence-electron chi connectivity index (χ3n) is 7.09. The molecule has 3 aromatic rings. The number of aromatic nitrogens is 4. The highest BCUT2D eigenvalue weighted by atomic mass is 16.4. The zero-order valence-corrected chi connectivity index (χ0v) is 20.3. The van der Waals surface area contributed by atoms with Crippen molar-refractivity contribution >= 4 is 24.0 Å². The molecule has 1 amide bonds. The Morgan fingerprint density at radius 1 is 1.03 bits per heavy atom. The van der Waals surface area contributed by atoms with Crippen molar-refractivity contribution < 1.29 is 14.7 Å². The highest BCUT2D eigenvalue weighted by molar-refractivity contribution is 5.85. The van der Waals surface area contributed by atoms with Crippen LogP contribution in [-0.4, -0.2) is 54.5 Å². The van der Waals surface area contributed by atoms with E-state index < -0.39 is 5.97 Å². The van der Waals surface area contributed by atoms with Gasteiger partial charge in [0.1, 0.15) is 0 Å². The number of rotatable bonds is 8. The van der Waals surface area contributed by atoms with E-state index in [-0.39, 0.29) is 18.2 Å². The Morgan fingerprint density at radius 3 is 2.56 bits per heavy atom. The van der Waals surface area contributed by atoms with Gasteiger partial charge in [0.25, 0.3) is 0 Å². The number of nitrogens with zero attached hydrogens (tertiary/aromatic N) is 5. The van der Waals surface area contributed by atoms with Gasteiger partial charge in [-0.3, -0.25) is 9.59 Å². The molecule has 8 nitrogen and oxygen atoms in total. The van der Waals surface area contributed by atoms with Crippen LogP contribution in [0.4, 0.5) is 0 Å². The SMILES string of the molecule is O=C(O)CCCCc1nc2c(nc1-c1ccccc1)=CCC(C(=O)N1CCC(n3ccnc3)CC1)C=2. The van der Waals surface area contributed by atoms with Crippen LogP contribution in [0.3, 0.4) is 0 Å². The second kappa shape index (κ2) is 10.8. The predicted molar refractivity (Wildman–Crippen MR) is 136 cm³/mol. The molecule has 1 saturated heterocycles. The summed E-state index contributed by atoms with van der Waals surface area (Å²) in [6, 6.07) is 10.4. The lowest BCUT2D eigenvalue weighted by Gasteiger charge is -2.34. The summed E-state index contributed by atoms with van der Waals surface area (Å²) in [7, 11) is 0. The molecule has 1 aliphatic carbocycles. The van der Waals surface area contributed by atoms with Gasteiger partial charge in [-0.1, -0.05) is 36.4 Å². The minimum Gasteiger partial charge on any atom is -0.481 e. The van der Waals surface area contributed by atoms with E-state index in [0.29, 0.717) is 25.3 Å². The molecule has 0 saturated carbocycles. The average Bonchev–Trinajstić information content (AvgIpc) is 3.45. The quantitative estimate of drug-likeness (QED) is 0.492. The molecule has 1 unspecified atom stereocenters. The van der Waals surface area contributed by atoms with Crippen molar-refractivity contribution in [1.82, 2.24) is 24.4 Å². The normalized spacial score (nSPS) is 17.7. The van der Waals surface area contributed by atoms with E-state index in [1.54, 1.807) is 6.20 Å². The maximum absolute atomic E-state index is 13.4. The van der Waals surface area contributed by atoms with Crippen molar-refractivity contribution in [3.05, 3.63) is 65.4 Å². The van der Waals surface area contributed by atoms with Crippen LogP contribution >= 0.6 is 0 Å². The van der Waals surface area contributed by atoms with Gasteiger partial charge in [-0.05, 0) is 44.6 Å². The van der Waals surface area contributed by atoms with Crippen LogP contribution in [0.5, 0.6) is 0 Å². The lowest BCUT2D eigenvalue weighted by atomic mass is 9.96. The summed E-state index contributed by atoms with van der Waals surface area (Å²) in [5, 5.41) is 10.5. The largest absolute Gasteiger partial charge is 0.481 e. The number of hydrogen-bond donors (Lipinski definition) is 1. The summed E-state index contributed by atoms with van der Waals surface area (Å²) in [5.74, 6) is -0.870. The standard InChI is InChI=1S/C28H31N5O3/c34-26(35)9-5-4-8-24-27(20-6-2-1-3-7-20)31-23-11-10-21(18-25(23)30-24)28(36)32-15-12-22(13-16-32)33-17-14-29-19-33/h1-3,6-7,11,14,17-19,21-22H,4-5,8-10,12-13,15-16H2,(H,34,35). The fraction of sp³-hybridized carbons (Fsp3) is 0.393. The number of carboxylic acids is 1. The summed E-state index contributed by atoms with van der Waals surface area (Å²) in [6.45, 7) is 1.48. The van der Waals surface area contributed by atoms with Crippen molar-refractivity contribution in [1.29, 1.82) is 0 Å². The van der Waals surface area contributed by atoms with E-state index in [2.05, 4.69) is 9.55 Å². The van der Waals surface area contributed by atoms with Gasteiger partial charge in [-0.2, -0.15) is 0 Å². The maximum atomic E-state index is 13.4. The Morgan fingerprint density at radius 2 is 1.83 bits per heavy atom. The van der Waals surface area contributed by atoms with E-state index in [0.717, 1.165) is 60.0 Å². The number of carbonyl (C=O) groups is 2. The zero-order valence-electron chi connectivity index (χ0n) is 20.3. The summed E-state index contributed by atoms with van der Waals surface area (Å²) in [5.41, 5.74) is 2.68. The Labute approximate surface area is 210 Å². The molecule has 1 fully saturated rings. The summed E-state index contributed by atoms with van der Waals surface area (Å²) in [4.78, 5) is 40.3. The summed E-state index contributed by atoms with van der Waals surface area (Å²) in [6.07, 6.45) is 14.2. The van der Waals surface area contributed by atoms with E-state index in [4.69, 9.17) is 15.1 Å². The number of carboxylic acid groups (broad SMARTS) is 1. The van der Waals surface area contributed by atoms with E-state index >= 15 is 0 Å². The van der Waals surface area contributed by atoms with Crippen LogP contribution in [0.1, 0.15) is 50.3 Å². The monoisotopic (exact) mass is 485 g/mol. The van der Waals surface area contributed by atoms with Crippen molar-refractivity contribution in [3.8, 4) is 11.3 Å². The Balaban J connectivity index is 1.35. The Hall–Kier alpha value is -3.81. The van der Waals surface area contributed by atoms with E-state index in [1.807, 2.05) is 59.9 Å². The molecule has 2 aromatic heterocycles. The second-order valence-corrected chi connectivity index (χ2v) is 9.54. The Kier molecular flexibility index (Phi) is 7.21. The van der Waals surface area contributed by atoms with Gasteiger partial charge in [0.05, 0.1) is 34.3 Å². The molecule has 186 valence electrons. The number of imidazole rings is 1. The molecule has 2 aliphatic rings. The van der Waals surface area contributed by atoms with Crippen LogP contribution in [-0.2, 0) is 16.0 Å². The molecule has 5 rings (SSSR count). The molecule has 0 spiro atoms. The number of fused-ring (bicyclic) bond motifs is 1. The topological polar surface area (TPSA) is 101 Å². The summed E-state index contributed by atoms with van der Waals surface area (Å²) < 4.78 is 2.14. The molecule has 3 heterocycles. The highest BCUT2D eigenvalue weighted by Gasteiger charge is 2.28. The van der Waals surface area contributed by atoms with Crippen LogP contribution in [0.2, 0.25) is 0 Å². The number of carbonyl (C=O) groups excluding carboxylic acids is 1. The number of likely N-dealkylation sites (tertiary alicyclic amines) is 1. The first-order chi connectivity index (χ1) is 17.6. The molecule has 1 N–H and O–H groups in total. The van der Waals surface area contributed by atoms with Gasteiger partial charge >= 0.3 is 5.97 Å². The first-order valence-electron chi connectivity index (χ1n) is 12.7. The molecule has 1 atom stereocenters. The van der Waals surface area contributed by atoms with Crippen molar-refractivity contribution in [3.63, 3.8) is 0 Å². The second-order valence-electron chi connectivity index (χ2n) is 9.54. The molecule has 0 radical (unpaired) electrons. The maximum Gasteiger partial charge on any atom is 0.303 e. The first-order valence-corrected chi connectivity index (χ1v) is 12.7. The molecule has 36 heavy (non-hydrogen) atoms. The van der Waals surface area contributed by atoms with Crippen LogP contribution in [0.25, 0.3) is 23.4 Å². The number of amides is 1. The molecular weight excluding hydrogens is 454 g/mol. The molecule has 1 aliphatic heterocycles. The van der Waals surface area contributed by atoms with Gasteiger partial charge in [-0.25, -0.2) is 15.0 Å². The lowest BCUT2D eigenvalue weighted by molar-refractivity contribution is -0.137. The number of piperidine rings is 1. The number of aliphatic carboxylic acids is 1. The van der Waals surface area contributed by atoms with Gasteiger partial charge in [0.2, 0.25) is 5.91 Å².